The maximum Gasteiger partial charge on any atom is 0.286 e. The second kappa shape index (κ2) is 9.46. The van der Waals surface area contributed by atoms with E-state index >= 15 is 0 Å². The van der Waals surface area contributed by atoms with Crippen molar-refractivity contribution in [1.82, 2.24) is 4.98 Å². The normalized spacial score (nSPS) is 13.1. The predicted octanol–water partition coefficient (Wildman–Crippen LogP) is 6.30. The van der Waals surface area contributed by atoms with Crippen LogP contribution in [0.2, 0.25) is 0 Å². The Morgan fingerprint density at radius 3 is 2.14 bits per heavy atom. The first-order chi connectivity index (χ1) is 16.9. The topological polar surface area (TPSA) is 109 Å². The molecule has 1 amide bonds. The van der Waals surface area contributed by atoms with E-state index in [0.29, 0.717) is 18.3 Å². The van der Waals surface area contributed by atoms with E-state index in [0.717, 1.165) is 23.4 Å². The third-order valence-electron chi connectivity index (χ3n) is 5.45. The minimum absolute atomic E-state index is 0.0296. The molecule has 1 heterocycles. The van der Waals surface area contributed by atoms with Crippen LogP contribution in [-0.4, -0.2) is 15.1 Å². The van der Waals surface area contributed by atoms with Gasteiger partial charge >= 0.3 is 0 Å². The zero-order valence-corrected chi connectivity index (χ0v) is 19.8. The van der Waals surface area contributed by atoms with Gasteiger partial charge in [-0.3, -0.25) is 9.78 Å². The smallest absolute Gasteiger partial charge is 0.286 e. The maximum atomic E-state index is 13.4. The van der Waals surface area contributed by atoms with Crippen LogP contribution in [0.5, 0.6) is 0 Å². The van der Waals surface area contributed by atoms with Crippen LogP contribution in [0.1, 0.15) is 23.0 Å². The lowest BCUT2D eigenvalue weighted by molar-refractivity contribution is 0.0126. The first-order valence-electron chi connectivity index (χ1n) is 10.7. The van der Waals surface area contributed by atoms with Crippen LogP contribution in [0.15, 0.2) is 94.9 Å². The highest BCUT2D eigenvalue weighted by molar-refractivity contribution is 7.92. The molecule has 0 aliphatic carbocycles. The molecule has 10 heteroatoms. The first-order valence-corrected chi connectivity index (χ1v) is 12.2. The molecule has 4 N–H and O–H groups in total. The van der Waals surface area contributed by atoms with Crippen LogP contribution in [0.3, 0.4) is 0 Å². The molecule has 1 unspecified atom stereocenters. The number of rotatable bonds is 6. The second-order valence-electron chi connectivity index (χ2n) is 8.11. The van der Waals surface area contributed by atoms with Crippen LogP contribution >= 0.6 is 0 Å². The van der Waals surface area contributed by atoms with E-state index in [2.05, 4.69) is 10.3 Å². The van der Waals surface area contributed by atoms with Crippen molar-refractivity contribution in [3.8, 4) is 11.1 Å². The number of benzene rings is 3. The minimum Gasteiger partial charge on any atom is -0.397 e. The number of amides is 1. The summed E-state index contributed by atoms with van der Waals surface area (Å²) in [5, 5.41) is 2.72. The number of nitrogens with one attached hydrogen (secondary N) is 2. The molecule has 3 aromatic carbocycles. The number of nitrogen functional groups attached to an aromatic ring is 1. The van der Waals surface area contributed by atoms with E-state index < -0.39 is 27.3 Å². The minimum atomic E-state index is -3.53. The Morgan fingerprint density at radius 1 is 0.944 bits per heavy atom. The van der Waals surface area contributed by atoms with Gasteiger partial charge in [0.2, 0.25) is 0 Å². The molecule has 1 aromatic heterocycles. The molecule has 1 atom stereocenters. The molecule has 0 bridgehead atoms. The van der Waals surface area contributed by atoms with Gasteiger partial charge in [-0.15, -0.1) is 0 Å². The van der Waals surface area contributed by atoms with Gasteiger partial charge in [-0.2, -0.15) is 8.78 Å². The fourth-order valence-corrected chi connectivity index (χ4v) is 4.68. The summed E-state index contributed by atoms with van der Waals surface area (Å²) in [6.07, 6.45) is 1.000. The van der Waals surface area contributed by atoms with Gasteiger partial charge in [0.1, 0.15) is 21.2 Å². The molecule has 0 saturated heterocycles. The van der Waals surface area contributed by atoms with Crippen molar-refractivity contribution in [1.29, 1.82) is 4.78 Å². The molecule has 0 aliphatic rings. The van der Waals surface area contributed by atoms with Gasteiger partial charge < -0.3 is 11.1 Å². The molecule has 6 nitrogen and oxygen atoms in total. The largest absolute Gasteiger partial charge is 0.397 e. The van der Waals surface area contributed by atoms with E-state index in [1.54, 1.807) is 30.3 Å². The SMILES string of the molecule is CC(F)(F)c1ccc(S(=N)(=O)c2ccc(C(=O)Nc3cc(-c4ccc(F)cc4)ccc3N)cc2)cn1. The average molecular weight is 511 g/mol. The Morgan fingerprint density at radius 2 is 1.56 bits per heavy atom. The zero-order chi connectivity index (χ0) is 26.1. The van der Waals surface area contributed by atoms with Crippen molar-refractivity contribution < 1.29 is 22.2 Å². The van der Waals surface area contributed by atoms with E-state index in [1.807, 2.05) is 0 Å². The quantitative estimate of drug-likeness (QED) is 0.265. The number of nitrogens with two attached hydrogens (primary N) is 1. The van der Waals surface area contributed by atoms with Gasteiger partial charge in [-0.05, 0) is 71.8 Å². The summed E-state index contributed by atoms with van der Waals surface area (Å²) < 4.78 is 61.4. The number of hydrogen-bond donors (Lipinski definition) is 3. The number of carbonyl (C=O) groups excluding carboxylic acids is 1. The molecule has 4 rings (SSSR count). The van der Waals surface area contributed by atoms with Gasteiger partial charge in [0.15, 0.2) is 0 Å². The highest BCUT2D eigenvalue weighted by Crippen LogP contribution is 2.29. The third kappa shape index (κ3) is 5.23. The number of carbonyl (C=O) groups is 1. The molecule has 0 fully saturated rings. The van der Waals surface area contributed by atoms with Crippen LogP contribution in [0, 0.1) is 10.6 Å². The summed E-state index contributed by atoms with van der Waals surface area (Å²) in [5.74, 6) is -4.01. The third-order valence-corrected chi connectivity index (χ3v) is 7.29. The van der Waals surface area contributed by atoms with Crippen molar-refractivity contribution in [3.05, 3.63) is 102 Å². The van der Waals surface area contributed by atoms with Crippen molar-refractivity contribution in [2.24, 2.45) is 0 Å². The molecule has 4 aromatic rings. The summed E-state index contributed by atoms with van der Waals surface area (Å²) in [4.78, 5) is 16.5. The van der Waals surface area contributed by atoms with Gasteiger partial charge in [0.05, 0.1) is 21.2 Å². The number of halogens is 3. The Labute approximate surface area is 206 Å². The van der Waals surface area contributed by atoms with Crippen LogP contribution < -0.4 is 11.1 Å². The fraction of sp³-hybridized carbons (Fsp3) is 0.0769. The molecular formula is C26H21F3N4O2S. The number of hydrogen-bond acceptors (Lipinski definition) is 5. The number of alkyl halides is 2. The summed E-state index contributed by atoms with van der Waals surface area (Å²) in [6.45, 7) is 0.698. The van der Waals surface area contributed by atoms with Crippen LogP contribution in [0.4, 0.5) is 24.5 Å². The van der Waals surface area contributed by atoms with Crippen LogP contribution in [-0.2, 0) is 15.7 Å². The van der Waals surface area contributed by atoms with E-state index in [9.17, 15) is 22.2 Å². The number of anilines is 2. The van der Waals surface area contributed by atoms with E-state index in [1.165, 1.54) is 42.5 Å². The number of aromatic nitrogens is 1. The monoisotopic (exact) mass is 510 g/mol. The molecule has 36 heavy (non-hydrogen) atoms. The summed E-state index contributed by atoms with van der Waals surface area (Å²) >= 11 is 0. The number of pyridine rings is 1. The van der Waals surface area contributed by atoms with Crippen molar-refractivity contribution in [2.45, 2.75) is 22.6 Å². The lowest BCUT2D eigenvalue weighted by atomic mass is 10.0. The molecule has 0 radical (unpaired) electrons. The maximum absolute atomic E-state index is 13.4. The van der Waals surface area contributed by atoms with Gasteiger partial charge in [-0.1, -0.05) is 18.2 Å². The average Bonchev–Trinajstić information content (AvgIpc) is 2.85. The lowest BCUT2D eigenvalue weighted by Gasteiger charge is -2.13. The number of nitrogens with zero attached hydrogens (tertiary/aromatic N) is 1. The lowest BCUT2D eigenvalue weighted by Crippen LogP contribution is -2.13. The van der Waals surface area contributed by atoms with Crippen molar-refractivity contribution in [3.63, 3.8) is 0 Å². The first kappa shape index (κ1) is 24.9. The fourth-order valence-electron chi connectivity index (χ4n) is 3.42. The van der Waals surface area contributed by atoms with Gasteiger partial charge in [0.25, 0.3) is 11.8 Å². The predicted molar refractivity (Wildman–Crippen MR) is 132 cm³/mol. The summed E-state index contributed by atoms with van der Waals surface area (Å²) in [6, 6.07) is 18.7. The van der Waals surface area contributed by atoms with Crippen molar-refractivity contribution >= 4 is 27.0 Å². The Hall–Kier alpha value is -4.18. The van der Waals surface area contributed by atoms with Gasteiger partial charge in [0, 0.05) is 18.7 Å². The molecule has 184 valence electrons. The highest BCUT2D eigenvalue weighted by Gasteiger charge is 2.26. The zero-order valence-electron chi connectivity index (χ0n) is 19.0. The second-order valence-corrected chi connectivity index (χ2v) is 10.2. The Kier molecular flexibility index (Phi) is 6.55. The standard InChI is InChI=1S/C26H21F3N4O2S/c1-26(28,29)24-13-11-21(15-32-24)36(31,35)20-9-4-17(5-10-20)25(34)33-23-14-18(6-12-22(23)30)16-2-7-19(27)8-3-16/h2-15,31H,30H2,1H3,(H,33,34). The molecule has 0 aliphatic heterocycles. The van der Waals surface area contributed by atoms with Crippen molar-refractivity contribution in [2.75, 3.05) is 11.1 Å². The van der Waals surface area contributed by atoms with Gasteiger partial charge in [-0.25, -0.2) is 13.4 Å². The molecule has 0 saturated carbocycles. The Balaban J connectivity index is 1.53. The molecule has 0 spiro atoms. The summed E-state index contributed by atoms with van der Waals surface area (Å²) in [7, 11) is -3.53. The Bertz CT molecular complexity index is 1520. The van der Waals surface area contributed by atoms with E-state index in [-0.39, 0.29) is 21.2 Å². The molecular weight excluding hydrogens is 489 g/mol. The highest BCUT2D eigenvalue weighted by atomic mass is 32.2. The summed E-state index contributed by atoms with van der Waals surface area (Å²) in [5.41, 5.74) is 7.89. The van der Waals surface area contributed by atoms with Crippen LogP contribution in [0.25, 0.3) is 11.1 Å². The van der Waals surface area contributed by atoms with E-state index in [4.69, 9.17) is 10.5 Å².